The van der Waals surface area contributed by atoms with E-state index in [4.69, 9.17) is 9.47 Å². The van der Waals surface area contributed by atoms with Gasteiger partial charge in [0.2, 0.25) is 0 Å². The molecule has 0 bridgehead atoms. The lowest BCUT2D eigenvalue weighted by Crippen LogP contribution is -2.29. The molecule has 0 aliphatic rings. The number of ether oxygens (including phenoxy) is 2. The van der Waals surface area contributed by atoms with Gasteiger partial charge in [-0.25, -0.2) is 0 Å². The van der Waals surface area contributed by atoms with Crippen LogP contribution in [0.5, 0.6) is 5.75 Å². The molecule has 0 aromatic heterocycles. The molecule has 0 heterocycles. The zero-order chi connectivity index (χ0) is 12.7. The van der Waals surface area contributed by atoms with Crippen LogP contribution in [0.4, 0.5) is 0 Å². The Balaban J connectivity index is 2.95. The normalized spacial score (nSPS) is 13.2. The summed E-state index contributed by atoms with van der Waals surface area (Å²) in [5.41, 5.74) is 1.28. The van der Waals surface area contributed by atoms with Gasteiger partial charge in [0.15, 0.2) is 0 Å². The fraction of sp³-hybridized carbons (Fsp3) is 0.467. The van der Waals surface area contributed by atoms with E-state index in [0.29, 0.717) is 13.2 Å². The molecule has 0 N–H and O–H groups in total. The Kier molecular flexibility index (Phi) is 5.78. The Morgan fingerprint density at radius 3 is 2.35 bits per heavy atom. The van der Waals surface area contributed by atoms with Crippen molar-refractivity contribution in [3.8, 4) is 5.75 Å². The zero-order valence-corrected chi connectivity index (χ0v) is 11.2. The van der Waals surface area contributed by atoms with Crippen LogP contribution in [0.25, 0.3) is 12.2 Å². The molecular weight excluding hydrogens is 212 g/mol. The summed E-state index contributed by atoms with van der Waals surface area (Å²) in [5.74, 6) is 0.936. The summed E-state index contributed by atoms with van der Waals surface area (Å²) in [4.78, 5) is 0. The summed E-state index contributed by atoms with van der Waals surface area (Å²) in [6, 6.07) is 4.13. The molecule has 2 nitrogen and oxygen atoms in total. The monoisotopic (exact) mass is 234 g/mol. The molecule has 1 rings (SSSR count). The summed E-state index contributed by atoms with van der Waals surface area (Å²) in [5, 5.41) is 2.42. The molecule has 0 aliphatic carbocycles. The van der Waals surface area contributed by atoms with E-state index in [1.54, 1.807) is 0 Å². The summed E-state index contributed by atoms with van der Waals surface area (Å²) in [6.07, 6.45) is 4.22. The van der Waals surface area contributed by atoms with Crippen LogP contribution < -0.4 is 15.2 Å². The fourth-order valence-electron chi connectivity index (χ4n) is 1.89. The van der Waals surface area contributed by atoms with Gasteiger partial charge in [-0.3, -0.25) is 0 Å². The molecule has 0 saturated heterocycles. The van der Waals surface area contributed by atoms with Crippen LogP contribution in [0.2, 0.25) is 0 Å². The Bertz CT molecular complexity index is 461. The number of hydrogen-bond acceptors (Lipinski definition) is 2. The van der Waals surface area contributed by atoms with Crippen molar-refractivity contribution in [2.24, 2.45) is 0 Å². The van der Waals surface area contributed by atoms with Crippen molar-refractivity contribution in [2.75, 3.05) is 19.8 Å². The van der Waals surface area contributed by atoms with Gasteiger partial charge in [0, 0.05) is 11.8 Å². The van der Waals surface area contributed by atoms with Gasteiger partial charge >= 0.3 is 0 Å². The lowest BCUT2D eigenvalue weighted by Gasteiger charge is -2.08. The Morgan fingerprint density at radius 2 is 1.76 bits per heavy atom. The molecule has 2 heteroatoms. The molecule has 17 heavy (non-hydrogen) atoms. The Hall–Kier alpha value is -1.28. The van der Waals surface area contributed by atoms with E-state index in [2.05, 4.69) is 32.1 Å². The highest BCUT2D eigenvalue weighted by Gasteiger charge is 1.99. The molecule has 0 saturated carbocycles. The van der Waals surface area contributed by atoms with Gasteiger partial charge < -0.3 is 9.47 Å². The molecule has 0 unspecified atom stereocenters. The largest absolute Gasteiger partial charge is 0.491 e. The van der Waals surface area contributed by atoms with Crippen molar-refractivity contribution in [2.45, 2.75) is 27.7 Å². The first kappa shape index (κ1) is 13.8. The van der Waals surface area contributed by atoms with Crippen LogP contribution >= 0.6 is 0 Å². The first-order chi connectivity index (χ1) is 8.24. The number of hydrogen-bond donors (Lipinski definition) is 0. The van der Waals surface area contributed by atoms with Crippen molar-refractivity contribution >= 4 is 12.2 Å². The van der Waals surface area contributed by atoms with E-state index in [1.807, 2.05) is 19.9 Å². The van der Waals surface area contributed by atoms with Crippen LogP contribution in [0.15, 0.2) is 12.1 Å². The molecule has 1 aromatic rings. The minimum absolute atomic E-state index is 0.598. The predicted molar refractivity (Wildman–Crippen MR) is 72.7 cm³/mol. The topological polar surface area (TPSA) is 18.5 Å². The van der Waals surface area contributed by atoms with Crippen LogP contribution in [0.3, 0.4) is 0 Å². The lowest BCUT2D eigenvalue weighted by atomic mass is 10.1. The van der Waals surface area contributed by atoms with Gasteiger partial charge in [0.1, 0.15) is 12.4 Å². The third kappa shape index (κ3) is 3.60. The van der Waals surface area contributed by atoms with Gasteiger partial charge in [-0.15, -0.1) is 0 Å². The van der Waals surface area contributed by atoms with Crippen LogP contribution in [0, 0.1) is 6.92 Å². The molecule has 0 atom stereocenters. The number of rotatable bonds is 5. The summed E-state index contributed by atoms with van der Waals surface area (Å²) < 4.78 is 11.0. The highest BCUT2D eigenvalue weighted by Crippen LogP contribution is 2.02. The maximum absolute atomic E-state index is 5.75. The van der Waals surface area contributed by atoms with Gasteiger partial charge in [0.05, 0.1) is 6.61 Å². The average Bonchev–Trinajstić information content (AvgIpc) is 2.35. The smallest absolute Gasteiger partial charge is 0.126 e. The fourth-order valence-corrected chi connectivity index (χ4v) is 1.89. The van der Waals surface area contributed by atoms with Gasteiger partial charge in [-0.2, -0.15) is 0 Å². The van der Waals surface area contributed by atoms with E-state index in [0.717, 1.165) is 12.4 Å². The van der Waals surface area contributed by atoms with E-state index in [-0.39, 0.29) is 0 Å². The Morgan fingerprint density at radius 1 is 1.06 bits per heavy atom. The molecule has 94 valence electrons. The van der Waals surface area contributed by atoms with Crippen molar-refractivity contribution in [1.82, 2.24) is 0 Å². The zero-order valence-electron chi connectivity index (χ0n) is 11.2. The van der Waals surface area contributed by atoms with E-state index in [1.165, 1.54) is 16.0 Å². The van der Waals surface area contributed by atoms with Gasteiger partial charge in [0.25, 0.3) is 0 Å². The van der Waals surface area contributed by atoms with Gasteiger partial charge in [-0.05, 0) is 44.5 Å². The van der Waals surface area contributed by atoms with Crippen LogP contribution in [-0.2, 0) is 4.74 Å². The molecule has 0 aliphatic heterocycles. The van der Waals surface area contributed by atoms with Crippen molar-refractivity contribution in [1.29, 1.82) is 0 Å². The van der Waals surface area contributed by atoms with Crippen molar-refractivity contribution < 1.29 is 9.47 Å². The number of aryl methyl sites for hydroxylation is 1. The average molecular weight is 234 g/mol. The standard InChI is InChI=1S/C15H22O2/c1-5-13-12(4)8-9-15(14(13)6-2)17-11-10-16-7-3/h5-6,8-9H,7,10-11H2,1-4H3/b13-5-,14-6+. The molecule has 0 spiro atoms. The summed E-state index contributed by atoms with van der Waals surface area (Å²) >= 11 is 0. The second kappa shape index (κ2) is 7.13. The molecular formula is C15H22O2. The first-order valence-corrected chi connectivity index (χ1v) is 6.17. The van der Waals surface area contributed by atoms with Crippen LogP contribution in [0.1, 0.15) is 26.3 Å². The van der Waals surface area contributed by atoms with E-state index in [9.17, 15) is 0 Å². The van der Waals surface area contributed by atoms with Gasteiger partial charge in [-0.1, -0.05) is 18.2 Å². The second-order valence-electron chi connectivity index (χ2n) is 3.83. The lowest BCUT2D eigenvalue weighted by molar-refractivity contribution is 0.110. The molecule has 1 aromatic carbocycles. The third-order valence-electron chi connectivity index (χ3n) is 2.73. The second-order valence-corrected chi connectivity index (χ2v) is 3.83. The number of benzene rings is 1. The summed E-state index contributed by atoms with van der Waals surface area (Å²) in [6.45, 7) is 10.2. The van der Waals surface area contributed by atoms with Crippen molar-refractivity contribution in [3.63, 3.8) is 0 Å². The molecule has 0 fully saturated rings. The Labute approximate surface area is 104 Å². The van der Waals surface area contributed by atoms with E-state index < -0.39 is 0 Å². The summed E-state index contributed by atoms with van der Waals surface area (Å²) in [7, 11) is 0. The minimum atomic E-state index is 0.598. The predicted octanol–water partition coefficient (Wildman–Crippen LogP) is 2.01. The highest BCUT2D eigenvalue weighted by molar-refractivity contribution is 5.41. The highest BCUT2D eigenvalue weighted by atomic mass is 16.5. The molecule has 0 radical (unpaired) electrons. The maximum atomic E-state index is 5.75. The first-order valence-electron chi connectivity index (χ1n) is 6.17. The SMILES string of the molecule is C/C=c1/c(C)ccc(OCCOCC)/c1=C/C. The van der Waals surface area contributed by atoms with Crippen LogP contribution in [-0.4, -0.2) is 19.8 Å². The third-order valence-corrected chi connectivity index (χ3v) is 2.73. The minimum Gasteiger partial charge on any atom is -0.491 e. The maximum Gasteiger partial charge on any atom is 0.126 e. The van der Waals surface area contributed by atoms with E-state index >= 15 is 0 Å². The quantitative estimate of drug-likeness (QED) is 0.726. The van der Waals surface area contributed by atoms with Crippen molar-refractivity contribution in [3.05, 3.63) is 28.1 Å². The molecule has 0 amide bonds.